The van der Waals surface area contributed by atoms with Gasteiger partial charge in [-0.25, -0.2) is 13.1 Å². The first-order valence-electron chi connectivity index (χ1n) is 4.03. The summed E-state index contributed by atoms with van der Waals surface area (Å²) in [5.41, 5.74) is 4.75. The first-order valence-corrected chi connectivity index (χ1v) is 5.51. The van der Waals surface area contributed by atoms with Gasteiger partial charge in [-0.15, -0.1) is 0 Å². The van der Waals surface area contributed by atoms with Crippen LogP contribution in [0.5, 0.6) is 0 Å². The van der Waals surface area contributed by atoms with Crippen LogP contribution in [0, 0.1) is 0 Å². The second kappa shape index (κ2) is 4.43. The standard InChI is InChI=1S/C7H11N3O4S/c8-7(12)6(11)4-10-15(13,14)5-1-2-9-3-5/h1-3,6,9-11H,4H2,(H2,8,12). The van der Waals surface area contributed by atoms with Crippen LogP contribution in [0.4, 0.5) is 0 Å². The van der Waals surface area contributed by atoms with E-state index in [-0.39, 0.29) is 4.90 Å². The van der Waals surface area contributed by atoms with Crippen LogP contribution < -0.4 is 10.5 Å². The van der Waals surface area contributed by atoms with Gasteiger partial charge in [-0.05, 0) is 6.07 Å². The third-order valence-electron chi connectivity index (χ3n) is 1.67. The highest BCUT2D eigenvalue weighted by molar-refractivity contribution is 7.89. The molecular formula is C7H11N3O4S. The molecule has 0 radical (unpaired) electrons. The van der Waals surface area contributed by atoms with Gasteiger partial charge in [-0.3, -0.25) is 4.79 Å². The highest BCUT2D eigenvalue weighted by Crippen LogP contribution is 2.05. The fraction of sp³-hybridized carbons (Fsp3) is 0.286. The van der Waals surface area contributed by atoms with Crippen molar-refractivity contribution >= 4 is 15.9 Å². The van der Waals surface area contributed by atoms with Crippen LogP contribution in [0.25, 0.3) is 0 Å². The molecule has 1 aromatic heterocycles. The highest BCUT2D eigenvalue weighted by atomic mass is 32.2. The van der Waals surface area contributed by atoms with E-state index in [4.69, 9.17) is 10.8 Å². The Hall–Kier alpha value is -1.38. The Morgan fingerprint density at radius 3 is 2.80 bits per heavy atom. The number of H-pyrrole nitrogens is 1. The molecule has 0 saturated carbocycles. The van der Waals surface area contributed by atoms with Gasteiger partial charge in [0.1, 0.15) is 6.10 Å². The van der Waals surface area contributed by atoms with Gasteiger partial charge in [0.15, 0.2) is 0 Å². The second-order valence-electron chi connectivity index (χ2n) is 2.82. The molecule has 1 amide bonds. The number of aromatic nitrogens is 1. The molecule has 1 rings (SSSR count). The molecule has 5 N–H and O–H groups in total. The smallest absolute Gasteiger partial charge is 0.247 e. The Morgan fingerprint density at radius 1 is 1.67 bits per heavy atom. The van der Waals surface area contributed by atoms with Gasteiger partial charge in [-0.1, -0.05) is 0 Å². The van der Waals surface area contributed by atoms with E-state index in [1.807, 2.05) is 4.72 Å². The van der Waals surface area contributed by atoms with Crippen molar-refractivity contribution in [2.24, 2.45) is 5.73 Å². The molecule has 1 heterocycles. The predicted molar refractivity (Wildman–Crippen MR) is 51.2 cm³/mol. The van der Waals surface area contributed by atoms with Crippen LogP contribution in [-0.2, 0) is 14.8 Å². The van der Waals surface area contributed by atoms with Crippen molar-refractivity contribution in [2.75, 3.05) is 6.54 Å². The summed E-state index contributed by atoms with van der Waals surface area (Å²) in [6.45, 7) is -0.442. The van der Waals surface area contributed by atoms with Crippen molar-refractivity contribution in [1.29, 1.82) is 0 Å². The number of hydrogen-bond acceptors (Lipinski definition) is 4. The normalized spacial score (nSPS) is 13.7. The molecule has 1 unspecified atom stereocenters. The number of nitrogens with one attached hydrogen (secondary N) is 2. The fourth-order valence-corrected chi connectivity index (χ4v) is 1.86. The van der Waals surface area contributed by atoms with Crippen molar-refractivity contribution in [3.05, 3.63) is 18.5 Å². The van der Waals surface area contributed by atoms with Crippen LogP contribution in [0.15, 0.2) is 23.4 Å². The van der Waals surface area contributed by atoms with Crippen molar-refractivity contribution in [3.8, 4) is 0 Å². The number of carbonyl (C=O) groups is 1. The molecule has 84 valence electrons. The monoisotopic (exact) mass is 233 g/mol. The number of nitrogens with two attached hydrogens (primary N) is 1. The number of aliphatic hydroxyl groups is 1. The van der Waals surface area contributed by atoms with Crippen LogP contribution in [0.2, 0.25) is 0 Å². The summed E-state index contributed by atoms with van der Waals surface area (Å²) in [7, 11) is -3.69. The maximum Gasteiger partial charge on any atom is 0.247 e. The third kappa shape index (κ3) is 3.05. The SMILES string of the molecule is NC(=O)C(O)CNS(=O)(=O)c1cc[nH]c1. The first-order chi connectivity index (χ1) is 6.93. The number of primary amides is 1. The summed E-state index contributed by atoms with van der Waals surface area (Å²) in [5, 5.41) is 8.98. The van der Waals surface area contributed by atoms with E-state index >= 15 is 0 Å². The van der Waals surface area contributed by atoms with Crippen LogP contribution in [0.3, 0.4) is 0 Å². The maximum atomic E-state index is 11.4. The average Bonchev–Trinajstić information content (AvgIpc) is 2.67. The van der Waals surface area contributed by atoms with E-state index in [1.165, 1.54) is 18.5 Å². The van der Waals surface area contributed by atoms with E-state index < -0.39 is 28.6 Å². The largest absolute Gasteiger partial charge is 0.382 e. The zero-order valence-electron chi connectivity index (χ0n) is 7.67. The van der Waals surface area contributed by atoms with Crippen LogP contribution in [-0.4, -0.2) is 37.1 Å². The minimum absolute atomic E-state index is 0.0270. The summed E-state index contributed by atoms with van der Waals surface area (Å²) in [4.78, 5) is 13.0. The lowest BCUT2D eigenvalue weighted by Gasteiger charge is -2.07. The summed E-state index contributed by atoms with van der Waals surface area (Å²) in [6.07, 6.45) is 1.19. The Balaban J connectivity index is 2.63. The molecule has 15 heavy (non-hydrogen) atoms. The number of sulfonamides is 1. The molecular weight excluding hydrogens is 222 g/mol. The molecule has 0 fully saturated rings. The Kier molecular flexibility index (Phi) is 3.45. The van der Waals surface area contributed by atoms with Crippen molar-refractivity contribution in [1.82, 2.24) is 9.71 Å². The third-order valence-corrected chi connectivity index (χ3v) is 3.10. The van der Waals surface area contributed by atoms with Gasteiger partial charge >= 0.3 is 0 Å². The minimum atomic E-state index is -3.69. The molecule has 0 bridgehead atoms. The van der Waals surface area contributed by atoms with E-state index in [0.717, 1.165) is 0 Å². The number of rotatable bonds is 5. The fourth-order valence-electron chi connectivity index (χ4n) is 0.848. The summed E-state index contributed by atoms with van der Waals surface area (Å²) >= 11 is 0. The Morgan fingerprint density at radius 2 is 2.33 bits per heavy atom. The Labute approximate surface area is 86.3 Å². The molecule has 0 aliphatic rings. The molecule has 1 aromatic rings. The molecule has 8 heteroatoms. The average molecular weight is 233 g/mol. The topological polar surface area (TPSA) is 125 Å². The maximum absolute atomic E-state index is 11.4. The van der Waals surface area contributed by atoms with E-state index in [0.29, 0.717) is 0 Å². The van der Waals surface area contributed by atoms with Crippen LogP contribution in [0.1, 0.15) is 0 Å². The van der Waals surface area contributed by atoms with E-state index in [2.05, 4.69) is 4.98 Å². The lowest BCUT2D eigenvalue weighted by Crippen LogP contribution is -2.39. The highest BCUT2D eigenvalue weighted by Gasteiger charge is 2.18. The van der Waals surface area contributed by atoms with Crippen molar-refractivity contribution < 1.29 is 18.3 Å². The predicted octanol–water partition coefficient (Wildman–Crippen LogP) is -1.86. The molecule has 0 aromatic carbocycles. The molecule has 0 spiro atoms. The molecule has 0 aliphatic carbocycles. The number of amides is 1. The minimum Gasteiger partial charge on any atom is -0.382 e. The van der Waals surface area contributed by atoms with E-state index in [9.17, 15) is 13.2 Å². The van der Waals surface area contributed by atoms with Gasteiger partial charge in [-0.2, -0.15) is 0 Å². The number of carbonyl (C=O) groups excluding carboxylic acids is 1. The Bertz CT molecular complexity index is 425. The zero-order valence-corrected chi connectivity index (χ0v) is 8.49. The lowest BCUT2D eigenvalue weighted by molar-refractivity contribution is -0.125. The summed E-state index contributed by atoms with van der Waals surface area (Å²) in [6, 6.07) is 1.35. The van der Waals surface area contributed by atoms with Crippen molar-refractivity contribution in [2.45, 2.75) is 11.0 Å². The van der Waals surface area contributed by atoms with Gasteiger partial charge in [0.2, 0.25) is 15.9 Å². The molecule has 0 aliphatic heterocycles. The first kappa shape index (κ1) is 11.7. The van der Waals surface area contributed by atoms with Gasteiger partial charge in [0.25, 0.3) is 0 Å². The number of hydrogen-bond donors (Lipinski definition) is 4. The lowest BCUT2D eigenvalue weighted by atomic mass is 10.3. The quantitative estimate of drug-likeness (QED) is 0.475. The molecule has 1 atom stereocenters. The van der Waals surface area contributed by atoms with Gasteiger partial charge in [0, 0.05) is 18.9 Å². The molecule has 0 saturated heterocycles. The van der Waals surface area contributed by atoms with E-state index in [1.54, 1.807) is 0 Å². The van der Waals surface area contributed by atoms with Gasteiger partial charge < -0.3 is 15.8 Å². The molecule has 7 nitrogen and oxygen atoms in total. The second-order valence-corrected chi connectivity index (χ2v) is 4.58. The van der Waals surface area contributed by atoms with Crippen LogP contribution >= 0.6 is 0 Å². The van der Waals surface area contributed by atoms with Crippen molar-refractivity contribution in [3.63, 3.8) is 0 Å². The zero-order chi connectivity index (χ0) is 11.5. The number of aromatic amines is 1. The number of aliphatic hydroxyl groups excluding tert-OH is 1. The van der Waals surface area contributed by atoms with Gasteiger partial charge in [0.05, 0.1) is 4.90 Å². The summed E-state index contributed by atoms with van der Waals surface area (Å²) < 4.78 is 24.9. The summed E-state index contributed by atoms with van der Waals surface area (Å²) in [5.74, 6) is -0.980.